The Hall–Kier alpha value is -2.40. The molecule has 2 aromatic carbocycles. The predicted octanol–water partition coefficient (Wildman–Crippen LogP) is 4.87. The Bertz CT molecular complexity index is 857. The molecule has 0 amide bonds. The molecule has 3 aromatic rings. The number of hydrogen-bond acceptors (Lipinski definition) is 3. The van der Waals surface area contributed by atoms with E-state index < -0.39 is 0 Å². The highest BCUT2D eigenvalue weighted by molar-refractivity contribution is 7.98. The number of benzene rings is 2. The fourth-order valence-electron chi connectivity index (χ4n) is 2.44. The maximum atomic E-state index is 13.8. The predicted molar refractivity (Wildman–Crippen MR) is 96.4 cm³/mol. The molecule has 3 nitrogen and oxygen atoms in total. The Morgan fingerprint density at radius 3 is 2.75 bits per heavy atom. The zero-order chi connectivity index (χ0) is 16.9. The van der Waals surface area contributed by atoms with Crippen molar-refractivity contribution in [3.05, 3.63) is 78.1 Å². The molecule has 1 heterocycles. The number of halogens is 1. The summed E-state index contributed by atoms with van der Waals surface area (Å²) in [4.78, 5) is 0. The second-order valence-corrected chi connectivity index (χ2v) is 6.40. The van der Waals surface area contributed by atoms with Crippen LogP contribution in [-0.4, -0.2) is 14.8 Å². The summed E-state index contributed by atoms with van der Waals surface area (Å²) in [5.41, 5.74) is 2.84. The van der Waals surface area contributed by atoms with Gasteiger partial charge in [-0.3, -0.25) is 4.57 Å². The summed E-state index contributed by atoms with van der Waals surface area (Å²) < 4.78 is 15.8. The average molecular weight is 339 g/mol. The molecule has 0 radical (unpaired) electrons. The van der Waals surface area contributed by atoms with E-state index in [1.165, 1.54) is 23.4 Å². The van der Waals surface area contributed by atoms with E-state index >= 15 is 0 Å². The maximum Gasteiger partial charge on any atom is 0.192 e. The molecule has 0 bridgehead atoms. The van der Waals surface area contributed by atoms with Crippen LogP contribution in [-0.2, 0) is 12.3 Å². The van der Waals surface area contributed by atoms with E-state index in [2.05, 4.69) is 22.8 Å². The van der Waals surface area contributed by atoms with E-state index in [4.69, 9.17) is 0 Å². The van der Waals surface area contributed by atoms with Crippen molar-refractivity contribution in [2.75, 3.05) is 0 Å². The molecule has 0 unspecified atom stereocenters. The van der Waals surface area contributed by atoms with Gasteiger partial charge in [0.25, 0.3) is 0 Å². The van der Waals surface area contributed by atoms with Gasteiger partial charge < -0.3 is 0 Å². The average Bonchev–Trinajstić information content (AvgIpc) is 2.97. The van der Waals surface area contributed by atoms with Gasteiger partial charge in [0.1, 0.15) is 5.82 Å². The Labute approximate surface area is 145 Å². The third-order valence-electron chi connectivity index (χ3n) is 3.62. The highest BCUT2D eigenvalue weighted by Gasteiger charge is 2.14. The Balaban J connectivity index is 1.89. The molecular formula is C19H18FN3S. The molecular weight excluding hydrogens is 321 g/mol. The molecule has 0 spiro atoms. The smallest absolute Gasteiger partial charge is 0.192 e. The van der Waals surface area contributed by atoms with Gasteiger partial charge in [0.2, 0.25) is 0 Å². The lowest BCUT2D eigenvalue weighted by Gasteiger charge is -2.08. The fraction of sp³-hybridized carbons (Fsp3) is 0.158. The normalized spacial score (nSPS) is 10.8. The van der Waals surface area contributed by atoms with E-state index in [-0.39, 0.29) is 5.82 Å². The first-order chi connectivity index (χ1) is 11.7. The summed E-state index contributed by atoms with van der Waals surface area (Å²) in [7, 11) is 0. The van der Waals surface area contributed by atoms with E-state index in [1.807, 2.05) is 41.8 Å². The zero-order valence-electron chi connectivity index (χ0n) is 13.4. The molecule has 0 aliphatic heterocycles. The SMILES string of the molecule is C=CCn1c(SCc2ccccc2F)nnc1-c1cccc(C)c1. The molecule has 0 fully saturated rings. The summed E-state index contributed by atoms with van der Waals surface area (Å²) in [5, 5.41) is 9.38. The molecule has 0 atom stereocenters. The molecule has 5 heteroatoms. The number of allylic oxidation sites excluding steroid dienone is 1. The third kappa shape index (κ3) is 3.57. The van der Waals surface area contributed by atoms with Crippen molar-refractivity contribution in [3.8, 4) is 11.4 Å². The lowest BCUT2D eigenvalue weighted by atomic mass is 10.1. The standard InChI is InChI=1S/C19H18FN3S/c1-3-11-23-18(15-9-6-7-14(2)12-15)21-22-19(23)24-13-16-8-4-5-10-17(16)20/h3-10,12H,1,11,13H2,2H3. The van der Waals surface area contributed by atoms with Crippen molar-refractivity contribution in [1.29, 1.82) is 0 Å². The Morgan fingerprint density at radius 2 is 2.00 bits per heavy atom. The summed E-state index contributed by atoms with van der Waals surface area (Å²) in [6.07, 6.45) is 1.82. The van der Waals surface area contributed by atoms with Crippen molar-refractivity contribution in [2.45, 2.75) is 24.4 Å². The van der Waals surface area contributed by atoms with Gasteiger partial charge in [0.05, 0.1) is 0 Å². The first-order valence-corrected chi connectivity index (χ1v) is 8.65. The van der Waals surface area contributed by atoms with E-state index in [9.17, 15) is 4.39 Å². The highest BCUT2D eigenvalue weighted by Crippen LogP contribution is 2.27. The van der Waals surface area contributed by atoms with Gasteiger partial charge in [-0.2, -0.15) is 0 Å². The summed E-state index contributed by atoms with van der Waals surface area (Å²) in [5.74, 6) is 1.11. The Morgan fingerprint density at radius 1 is 1.17 bits per heavy atom. The first-order valence-electron chi connectivity index (χ1n) is 7.66. The van der Waals surface area contributed by atoms with Crippen LogP contribution in [0.5, 0.6) is 0 Å². The van der Waals surface area contributed by atoms with Crippen molar-refractivity contribution in [1.82, 2.24) is 14.8 Å². The van der Waals surface area contributed by atoms with Gasteiger partial charge in [-0.25, -0.2) is 4.39 Å². The lowest BCUT2D eigenvalue weighted by Crippen LogP contribution is -2.01. The molecule has 0 N–H and O–H groups in total. The topological polar surface area (TPSA) is 30.7 Å². The van der Waals surface area contributed by atoms with Crippen LogP contribution in [0.25, 0.3) is 11.4 Å². The monoisotopic (exact) mass is 339 g/mol. The van der Waals surface area contributed by atoms with Gasteiger partial charge in [0, 0.05) is 17.9 Å². The van der Waals surface area contributed by atoms with Crippen LogP contribution in [0, 0.1) is 12.7 Å². The van der Waals surface area contributed by atoms with Gasteiger partial charge in [-0.1, -0.05) is 59.8 Å². The number of aryl methyl sites for hydroxylation is 1. The zero-order valence-corrected chi connectivity index (χ0v) is 14.3. The molecule has 0 saturated carbocycles. The molecule has 0 aliphatic carbocycles. The number of nitrogens with zero attached hydrogens (tertiary/aromatic N) is 3. The van der Waals surface area contributed by atoms with Gasteiger partial charge in [0.15, 0.2) is 11.0 Å². The van der Waals surface area contributed by atoms with E-state index in [0.29, 0.717) is 17.9 Å². The van der Waals surface area contributed by atoms with E-state index in [1.54, 1.807) is 12.1 Å². The number of hydrogen-bond donors (Lipinski definition) is 0. The van der Waals surface area contributed by atoms with Gasteiger partial charge >= 0.3 is 0 Å². The summed E-state index contributed by atoms with van der Waals surface area (Å²) in [6.45, 7) is 6.47. The highest BCUT2D eigenvalue weighted by atomic mass is 32.2. The second-order valence-electron chi connectivity index (χ2n) is 5.46. The van der Waals surface area contributed by atoms with E-state index in [0.717, 1.165) is 16.5 Å². The van der Waals surface area contributed by atoms with Crippen molar-refractivity contribution >= 4 is 11.8 Å². The molecule has 1 aromatic heterocycles. The summed E-state index contributed by atoms with van der Waals surface area (Å²) in [6, 6.07) is 14.9. The molecule has 24 heavy (non-hydrogen) atoms. The summed E-state index contributed by atoms with van der Waals surface area (Å²) >= 11 is 1.48. The molecule has 0 aliphatic rings. The van der Waals surface area contributed by atoms with Crippen molar-refractivity contribution in [2.24, 2.45) is 0 Å². The van der Waals surface area contributed by atoms with Crippen LogP contribution in [0.3, 0.4) is 0 Å². The minimum absolute atomic E-state index is 0.196. The maximum absolute atomic E-state index is 13.8. The first kappa shape index (κ1) is 16.5. The van der Waals surface area contributed by atoms with Crippen LogP contribution >= 0.6 is 11.8 Å². The quantitative estimate of drug-likeness (QED) is 0.474. The number of rotatable bonds is 6. The van der Waals surface area contributed by atoms with Gasteiger partial charge in [-0.05, 0) is 24.6 Å². The largest absolute Gasteiger partial charge is 0.298 e. The lowest BCUT2D eigenvalue weighted by molar-refractivity contribution is 0.617. The minimum Gasteiger partial charge on any atom is -0.298 e. The van der Waals surface area contributed by atoms with Crippen LogP contribution in [0.2, 0.25) is 0 Å². The number of thioether (sulfide) groups is 1. The number of aromatic nitrogens is 3. The van der Waals surface area contributed by atoms with Crippen LogP contribution in [0.1, 0.15) is 11.1 Å². The van der Waals surface area contributed by atoms with Crippen LogP contribution < -0.4 is 0 Å². The van der Waals surface area contributed by atoms with Crippen LogP contribution in [0.4, 0.5) is 4.39 Å². The van der Waals surface area contributed by atoms with Crippen molar-refractivity contribution < 1.29 is 4.39 Å². The van der Waals surface area contributed by atoms with Crippen molar-refractivity contribution in [3.63, 3.8) is 0 Å². The second kappa shape index (κ2) is 7.45. The molecule has 122 valence electrons. The Kier molecular flexibility index (Phi) is 5.11. The fourth-order valence-corrected chi connectivity index (χ4v) is 3.38. The van der Waals surface area contributed by atoms with Crippen LogP contribution in [0.15, 0.2) is 66.3 Å². The molecule has 3 rings (SSSR count). The minimum atomic E-state index is -0.196. The molecule has 0 saturated heterocycles. The van der Waals surface area contributed by atoms with Gasteiger partial charge in [-0.15, -0.1) is 16.8 Å². The third-order valence-corrected chi connectivity index (χ3v) is 4.63.